The van der Waals surface area contributed by atoms with Crippen molar-refractivity contribution >= 4 is 22.7 Å². The number of hydrogen-bond acceptors (Lipinski definition) is 3. The Bertz CT molecular complexity index is 493. The molecule has 1 aromatic heterocycles. The van der Waals surface area contributed by atoms with E-state index in [0.29, 0.717) is 0 Å². The molecule has 0 aliphatic rings. The number of benzene rings is 1. The predicted molar refractivity (Wildman–Crippen MR) is 74.2 cm³/mol. The summed E-state index contributed by atoms with van der Waals surface area (Å²) in [6, 6.07) is 10.2. The zero-order chi connectivity index (χ0) is 12.3. The highest BCUT2D eigenvalue weighted by molar-refractivity contribution is 7.99. The van der Waals surface area contributed by atoms with E-state index in [0.717, 1.165) is 11.3 Å². The fraction of sp³-hybridized carbons (Fsp3) is 0.357. The van der Waals surface area contributed by atoms with E-state index >= 15 is 0 Å². The quantitative estimate of drug-likeness (QED) is 0.900. The van der Waals surface area contributed by atoms with Crippen LogP contribution in [0, 0.1) is 0 Å². The van der Waals surface area contributed by atoms with Gasteiger partial charge in [-0.2, -0.15) is 11.8 Å². The topological polar surface area (TPSA) is 33.1 Å². The fourth-order valence-electron chi connectivity index (χ4n) is 1.64. The van der Waals surface area contributed by atoms with Crippen LogP contribution in [-0.4, -0.2) is 21.4 Å². The summed E-state index contributed by atoms with van der Waals surface area (Å²) in [6.07, 6.45) is 1.58. The molecule has 1 aromatic carbocycles. The van der Waals surface area contributed by atoms with Crippen LogP contribution in [0.5, 0.6) is 0 Å². The van der Waals surface area contributed by atoms with E-state index in [1.165, 1.54) is 10.9 Å². The molecular formula is C14H17NOS. The highest BCUT2D eigenvalue weighted by Crippen LogP contribution is 2.24. The lowest BCUT2D eigenvalue weighted by molar-refractivity contribution is 0.196. The van der Waals surface area contributed by atoms with Crippen molar-refractivity contribution in [3.63, 3.8) is 0 Å². The summed E-state index contributed by atoms with van der Waals surface area (Å²) in [5.74, 6) is 0.912. The van der Waals surface area contributed by atoms with Crippen LogP contribution < -0.4 is 0 Å². The number of thioether (sulfide) groups is 1. The van der Waals surface area contributed by atoms with Gasteiger partial charge in [0.25, 0.3) is 0 Å². The van der Waals surface area contributed by atoms with Crippen molar-refractivity contribution in [1.82, 2.24) is 4.98 Å². The number of hydrogen-bond donors (Lipinski definition) is 1. The van der Waals surface area contributed by atoms with Gasteiger partial charge in [0.2, 0.25) is 0 Å². The van der Waals surface area contributed by atoms with Gasteiger partial charge in [0, 0.05) is 22.6 Å². The molecule has 0 aliphatic heterocycles. The number of aliphatic hydroxyl groups is 1. The van der Waals surface area contributed by atoms with Crippen molar-refractivity contribution in [2.75, 3.05) is 0 Å². The van der Waals surface area contributed by atoms with Gasteiger partial charge < -0.3 is 5.11 Å². The lowest BCUT2D eigenvalue weighted by Crippen LogP contribution is -2.15. The Kier molecular flexibility index (Phi) is 4.02. The maximum Gasteiger partial charge on any atom is 0.0705 e. The Labute approximate surface area is 106 Å². The van der Waals surface area contributed by atoms with Gasteiger partial charge in [-0.1, -0.05) is 25.1 Å². The molecule has 17 heavy (non-hydrogen) atoms. The molecule has 0 bridgehead atoms. The Morgan fingerprint density at radius 1 is 1.24 bits per heavy atom. The third-order valence-corrected chi connectivity index (χ3v) is 4.32. The minimum Gasteiger partial charge on any atom is -0.392 e. The van der Waals surface area contributed by atoms with E-state index in [1.807, 2.05) is 31.3 Å². The summed E-state index contributed by atoms with van der Waals surface area (Å²) in [7, 11) is 0. The first-order valence-corrected chi connectivity index (χ1v) is 6.85. The molecule has 0 fully saturated rings. The van der Waals surface area contributed by atoms with Crippen LogP contribution in [0.1, 0.15) is 19.4 Å². The zero-order valence-corrected chi connectivity index (χ0v) is 10.9. The van der Waals surface area contributed by atoms with Gasteiger partial charge in [0.15, 0.2) is 0 Å². The van der Waals surface area contributed by atoms with Crippen molar-refractivity contribution in [2.45, 2.75) is 31.0 Å². The van der Waals surface area contributed by atoms with E-state index < -0.39 is 0 Å². The van der Waals surface area contributed by atoms with Gasteiger partial charge in [0.1, 0.15) is 0 Å². The molecule has 0 spiro atoms. The molecule has 90 valence electrons. The number of aliphatic hydroxyl groups excluding tert-OH is 1. The number of pyridine rings is 1. The van der Waals surface area contributed by atoms with Gasteiger partial charge in [0.05, 0.1) is 11.6 Å². The molecule has 2 aromatic rings. The Balaban J connectivity index is 2.19. The van der Waals surface area contributed by atoms with Crippen LogP contribution in [0.3, 0.4) is 0 Å². The minimum absolute atomic E-state index is 0.252. The Morgan fingerprint density at radius 3 is 2.76 bits per heavy atom. The lowest BCUT2D eigenvalue weighted by Gasteiger charge is -2.14. The SMILES string of the molecule is CC(O)C(C)SCc1ccnc2ccccc12. The monoisotopic (exact) mass is 247 g/mol. The van der Waals surface area contributed by atoms with Gasteiger partial charge in [-0.15, -0.1) is 0 Å². The molecule has 2 nitrogen and oxygen atoms in total. The maximum absolute atomic E-state index is 9.48. The molecular weight excluding hydrogens is 230 g/mol. The normalized spacial score (nSPS) is 14.8. The summed E-state index contributed by atoms with van der Waals surface area (Å²) < 4.78 is 0. The average Bonchev–Trinajstić information content (AvgIpc) is 2.35. The second-order valence-corrected chi connectivity index (χ2v) is 5.61. The molecule has 2 atom stereocenters. The molecule has 0 radical (unpaired) electrons. The zero-order valence-electron chi connectivity index (χ0n) is 10.1. The molecule has 0 amide bonds. The van der Waals surface area contributed by atoms with Crippen molar-refractivity contribution in [3.8, 4) is 0 Å². The minimum atomic E-state index is -0.270. The second-order valence-electron chi connectivity index (χ2n) is 4.24. The Hall–Kier alpha value is -1.06. The summed E-state index contributed by atoms with van der Waals surface area (Å²) in [5.41, 5.74) is 2.32. The number of para-hydroxylation sites is 1. The average molecular weight is 247 g/mol. The number of nitrogens with zero attached hydrogens (tertiary/aromatic N) is 1. The van der Waals surface area contributed by atoms with Crippen molar-refractivity contribution in [1.29, 1.82) is 0 Å². The fourth-order valence-corrected chi connectivity index (χ4v) is 2.61. The molecule has 0 saturated heterocycles. The standard InChI is InChI=1S/C14H17NOS/c1-10(16)11(2)17-9-12-7-8-15-14-6-4-3-5-13(12)14/h3-8,10-11,16H,9H2,1-2H3. The summed E-state index contributed by atoms with van der Waals surface area (Å²) in [5, 5.41) is 10.9. The van der Waals surface area contributed by atoms with E-state index in [2.05, 4.69) is 24.0 Å². The molecule has 1 N–H and O–H groups in total. The van der Waals surface area contributed by atoms with Gasteiger partial charge >= 0.3 is 0 Å². The molecule has 2 unspecified atom stereocenters. The van der Waals surface area contributed by atoms with Crippen LogP contribution in [0.25, 0.3) is 10.9 Å². The Morgan fingerprint density at radius 2 is 2.00 bits per heavy atom. The van der Waals surface area contributed by atoms with Crippen molar-refractivity contribution < 1.29 is 5.11 Å². The van der Waals surface area contributed by atoms with Crippen molar-refractivity contribution in [3.05, 3.63) is 42.1 Å². The smallest absolute Gasteiger partial charge is 0.0705 e. The number of rotatable bonds is 4. The highest BCUT2D eigenvalue weighted by Gasteiger charge is 2.10. The summed E-state index contributed by atoms with van der Waals surface area (Å²) in [6.45, 7) is 3.89. The molecule has 0 saturated carbocycles. The van der Waals surface area contributed by atoms with Crippen LogP contribution in [0.2, 0.25) is 0 Å². The van der Waals surface area contributed by atoms with E-state index in [-0.39, 0.29) is 11.4 Å². The van der Waals surface area contributed by atoms with Crippen LogP contribution in [-0.2, 0) is 5.75 Å². The van der Waals surface area contributed by atoms with Crippen LogP contribution in [0.15, 0.2) is 36.5 Å². The van der Waals surface area contributed by atoms with Crippen LogP contribution >= 0.6 is 11.8 Å². The van der Waals surface area contributed by atoms with Crippen molar-refractivity contribution in [2.24, 2.45) is 0 Å². The van der Waals surface area contributed by atoms with Gasteiger partial charge in [-0.25, -0.2) is 0 Å². The third-order valence-electron chi connectivity index (χ3n) is 2.92. The van der Waals surface area contributed by atoms with Gasteiger partial charge in [-0.3, -0.25) is 4.98 Å². The number of aromatic nitrogens is 1. The first-order chi connectivity index (χ1) is 8.18. The molecule has 0 aliphatic carbocycles. The second kappa shape index (κ2) is 5.52. The van der Waals surface area contributed by atoms with E-state index in [4.69, 9.17) is 0 Å². The molecule has 2 rings (SSSR count). The maximum atomic E-state index is 9.48. The highest BCUT2D eigenvalue weighted by atomic mass is 32.2. The van der Waals surface area contributed by atoms with Gasteiger partial charge in [-0.05, 0) is 24.6 Å². The number of fused-ring (bicyclic) bond motifs is 1. The first-order valence-electron chi connectivity index (χ1n) is 5.81. The van der Waals surface area contributed by atoms with E-state index in [1.54, 1.807) is 11.8 Å². The van der Waals surface area contributed by atoms with Crippen LogP contribution in [0.4, 0.5) is 0 Å². The molecule has 3 heteroatoms. The van der Waals surface area contributed by atoms with E-state index in [9.17, 15) is 5.11 Å². The predicted octanol–water partition coefficient (Wildman–Crippen LogP) is 3.24. The summed E-state index contributed by atoms with van der Waals surface area (Å²) in [4.78, 5) is 4.35. The summed E-state index contributed by atoms with van der Waals surface area (Å²) >= 11 is 1.77. The third kappa shape index (κ3) is 2.99. The first kappa shape index (κ1) is 12.4. The largest absolute Gasteiger partial charge is 0.392 e. The lowest BCUT2D eigenvalue weighted by atomic mass is 10.1. The molecule has 1 heterocycles.